The SMILES string of the molecule is Cc1cc(/C=N\n2cn[nH]c2=S)c2c(C)ccc(C(C)C)cc1-2. The van der Waals surface area contributed by atoms with Crippen LogP contribution in [0, 0.1) is 18.6 Å². The first-order chi connectivity index (χ1) is 11.0. The van der Waals surface area contributed by atoms with E-state index >= 15 is 0 Å². The summed E-state index contributed by atoms with van der Waals surface area (Å²) in [5, 5.41) is 11.0. The molecule has 118 valence electrons. The smallest absolute Gasteiger partial charge is 0.216 e. The molecule has 0 aliphatic heterocycles. The van der Waals surface area contributed by atoms with Crippen molar-refractivity contribution in [2.75, 3.05) is 0 Å². The first-order valence-electron chi connectivity index (χ1n) is 7.67. The van der Waals surface area contributed by atoms with Crippen LogP contribution in [0.2, 0.25) is 0 Å². The van der Waals surface area contributed by atoms with E-state index in [0.29, 0.717) is 10.7 Å². The zero-order chi connectivity index (χ0) is 16.6. The molecule has 1 aromatic rings. The average Bonchev–Trinajstić information content (AvgIpc) is 2.98. The molecule has 5 heteroatoms. The first-order valence-corrected chi connectivity index (χ1v) is 8.08. The highest BCUT2D eigenvalue weighted by atomic mass is 32.1. The number of aryl methyl sites for hydroxylation is 2. The molecule has 0 spiro atoms. The van der Waals surface area contributed by atoms with Gasteiger partial charge < -0.3 is 0 Å². The van der Waals surface area contributed by atoms with Gasteiger partial charge in [0.1, 0.15) is 6.33 Å². The van der Waals surface area contributed by atoms with E-state index in [1.807, 2.05) is 6.21 Å². The molecule has 0 radical (unpaired) electrons. The summed E-state index contributed by atoms with van der Waals surface area (Å²) in [5.74, 6) is 0.501. The number of nitrogens with one attached hydrogen (secondary N) is 1. The van der Waals surface area contributed by atoms with E-state index in [4.69, 9.17) is 12.2 Å². The molecular weight excluding hydrogens is 304 g/mol. The number of nitrogens with zero attached hydrogens (tertiary/aromatic N) is 3. The standard InChI is InChI=1S/C18H20N4S/c1-11(2)14-6-5-12(3)17-15(7-13(4)16(17)8-14)9-20-22-10-19-21-18(22)23/h5-11H,1-4H3,(H,21,23)/b20-9-. The predicted molar refractivity (Wildman–Crippen MR) is 97.0 cm³/mol. The van der Waals surface area contributed by atoms with Crippen LogP contribution in [-0.4, -0.2) is 21.1 Å². The molecule has 0 atom stereocenters. The van der Waals surface area contributed by atoms with E-state index in [1.54, 1.807) is 11.0 Å². The fraction of sp³-hybridized carbons (Fsp3) is 0.278. The van der Waals surface area contributed by atoms with Crippen molar-refractivity contribution in [3.8, 4) is 11.1 Å². The number of hydrogen-bond acceptors (Lipinski definition) is 3. The first kappa shape index (κ1) is 15.6. The minimum Gasteiger partial charge on any atom is -0.250 e. The Hall–Kier alpha value is -2.27. The number of H-pyrrole nitrogens is 1. The molecule has 0 saturated carbocycles. The van der Waals surface area contributed by atoms with Gasteiger partial charge in [0.05, 0.1) is 6.21 Å². The maximum absolute atomic E-state index is 5.12. The maximum Gasteiger partial charge on any atom is 0.216 e. The minimum atomic E-state index is 0.484. The van der Waals surface area contributed by atoms with Crippen LogP contribution in [0.1, 0.15) is 42.0 Å². The zero-order valence-corrected chi connectivity index (χ0v) is 14.6. The summed E-state index contributed by atoms with van der Waals surface area (Å²) in [5.41, 5.74) is 7.48. The Kier molecular flexibility index (Phi) is 4.13. The minimum absolute atomic E-state index is 0.484. The molecule has 4 nitrogen and oxygen atoms in total. The van der Waals surface area contributed by atoms with Crippen molar-refractivity contribution in [3.63, 3.8) is 0 Å². The summed E-state index contributed by atoms with van der Waals surface area (Å²) < 4.78 is 2.04. The van der Waals surface area contributed by atoms with Gasteiger partial charge in [0.2, 0.25) is 4.77 Å². The topological polar surface area (TPSA) is 46.0 Å². The Morgan fingerprint density at radius 3 is 2.65 bits per heavy atom. The van der Waals surface area contributed by atoms with Crippen molar-refractivity contribution in [1.82, 2.24) is 14.9 Å². The Bertz CT molecular complexity index is 902. The van der Waals surface area contributed by atoms with Gasteiger partial charge in [0.25, 0.3) is 0 Å². The predicted octanol–water partition coefficient (Wildman–Crippen LogP) is 4.67. The summed E-state index contributed by atoms with van der Waals surface area (Å²) in [6.07, 6.45) is 3.42. The molecule has 2 aliphatic carbocycles. The fourth-order valence-electron chi connectivity index (χ4n) is 2.79. The molecule has 0 saturated heterocycles. The molecule has 3 rings (SSSR count). The Morgan fingerprint density at radius 2 is 2.00 bits per heavy atom. The second-order valence-electron chi connectivity index (χ2n) is 6.14. The van der Waals surface area contributed by atoms with E-state index < -0.39 is 0 Å². The quantitative estimate of drug-likeness (QED) is 0.562. The highest BCUT2D eigenvalue weighted by Crippen LogP contribution is 2.35. The number of aromatic nitrogens is 3. The van der Waals surface area contributed by atoms with Gasteiger partial charge in [0, 0.05) is 5.56 Å². The van der Waals surface area contributed by atoms with Gasteiger partial charge >= 0.3 is 0 Å². The van der Waals surface area contributed by atoms with Crippen LogP contribution in [0.4, 0.5) is 0 Å². The van der Waals surface area contributed by atoms with Gasteiger partial charge in [-0.3, -0.25) is 5.10 Å². The van der Waals surface area contributed by atoms with Gasteiger partial charge in [-0.25, -0.2) is 0 Å². The summed E-state index contributed by atoms with van der Waals surface area (Å²) in [6.45, 7) is 8.73. The molecule has 1 heterocycles. The van der Waals surface area contributed by atoms with Gasteiger partial charge in [-0.05, 0) is 65.9 Å². The van der Waals surface area contributed by atoms with Crippen LogP contribution in [0.15, 0.2) is 35.7 Å². The number of fused-ring (bicyclic) bond motifs is 1. The largest absolute Gasteiger partial charge is 0.250 e. The van der Waals surface area contributed by atoms with Crippen LogP contribution in [0.5, 0.6) is 0 Å². The fourth-order valence-corrected chi connectivity index (χ4v) is 2.94. The average molecular weight is 324 g/mol. The van der Waals surface area contributed by atoms with E-state index in [-0.39, 0.29) is 0 Å². The molecule has 1 aromatic heterocycles. The van der Waals surface area contributed by atoms with Crippen LogP contribution >= 0.6 is 12.2 Å². The Labute approximate surface area is 141 Å². The van der Waals surface area contributed by atoms with Gasteiger partial charge in [0.15, 0.2) is 0 Å². The maximum atomic E-state index is 5.12. The molecular formula is C18H20N4S. The summed E-state index contributed by atoms with van der Waals surface area (Å²) in [6, 6.07) is 8.88. The van der Waals surface area contributed by atoms with E-state index in [9.17, 15) is 0 Å². The summed E-state index contributed by atoms with van der Waals surface area (Å²) >= 11 is 5.12. The number of aromatic amines is 1. The monoisotopic (exact) mass is 324 g/mol. The highest BCUT2D eigenvalue weighted by molar-refractivity contribution is 7.71. The van der Waals surface area contributed by atoms with Crippen molar-refractivity contribution in [1.29, 1.82) is 0 Å². The molecule has 0 bridgehead atoms. The normalized spacial score (nSPS) is 11.9. The lowest BCUT2D eigenvalue weighted by Crippen LogP contribution is -1.90. The molecule has 0 amide bonds. The van der Waals surface area contributed by atoms with E-state index in [0.717, 1.165) is 5.56 Å². The zero-order valence-electron chi connectivity index (χ0n) is 13.8. The molecule has 1 N–H and O–H groups in total. The van der Waals surface area contributed by atoms with E-state index in [2.05, 4.69) is 67.3 Å². The second-order valence-corrected chi connectivity index (χ2v) is 6.52. The van der Waals surface area contributed by atoms with Gasteiger partial charge in [-0.2, -0.15) is 14.9 Å². The van der Waals surface area contributed by atoms with Crippen LogP contribution in [0.25, 0.3) is 11.1 Å². The van der Waals surface area contributed by atoms with Crippen molar-refractivity contribution in [2.45, 2.75) is 33.6 Å². The van der Waals surface area contributed by atoms with Crippen molar-refractivity contribution in [3.05, 3.63) is 57.6 Å². The lowest BCUT2D eigenvalue weighted by molar-refractivity contribution is 0.863. The van der Waals surface area contributed by atoms with Gasteiger partial charge in [-0.15, -0.1) is 0 Å². The lowest BCUT2D eigenvalue weighted by atomic mass is 10.0. The third-order valence-electron chi connectivity index (χ3n) is 4.11. The Morgan fingerprint density at radius 1 is 1.22 bits per heavy atom. The van der Waals surface area contributed by atoms with Crippen molar-refractivity contribution >= 4 is 18.4 Å². The summed E-state index contributed by atoms with van der Waals surface area (Å²) in [4.78, 5) is 0. The lowest BCUT2D eigenvalue weighted by Gasteiger charge is -2.04. The van der Waals surface area contributed by atoms with Crippen LogP contribution in [0.3, 0.4) is 0 Å². The summed E-state index contributed by atoms with van der Waals surface area (Å²) in [7, 11) is 0. The molecule has 2 aliphatic rings. The van der Waals surface area contributed by atoms with Gasteiger partial charge in [-0.1, -0.05) is 32.0 Å². The third-order valence-corrected chi connectivity index (χ3v) is 4.39. The highest BCUT2D eigenvalue weighted by Gasteiger charge is 2.15. The molecule has 0 aromatic carbocycles. The third kappa shape index (κ3) is 2.97. The van der Waals surface area contributed by atoms with Crippen LogP contribution < -0.4 is 0 Å². The number of rotatable bonds is 3. The van der Waals surface area contributed by atoms with E-state index in [1.165, 1.54) is 27.8 Å². The van der Waals surface area contributed by atoms with Crippen molar-refractivity contribution in [2.24, 2.45) is 5.10 Å². The molecule has 0 unspecified atom stereocenters. The van der Waals surface area contributed by atoms with Crippen molar-refractivity contribution < 1.29 is 0 Å². The Balaban J connectivity index is 2.13. The van der Waals surface area contributed by atoms with Crippen LogP contribution in [-0.2, 0) is 0 Å². The number of hydrogen-bond donors (Lipinski definition) is 1. The molecule has 23 heavy (non-hydrogen) atoms. The molecule has 0 fully saturated rings. The second kappa shape index (κ2) is 6.08.